The van der Waals surface area contributed by atoms with Crippen LogP contribution >= 0.6 is 11.6 Å². The number of hydrogen-bond donors (Lipinski definition) is 2. The van der Waals surface area contributed by atoms with Gasteiger partial charge < -0.3 is 25.0 Å². The maximum absolute atomic E-state index is 13.0. The van der Waals surface area contributed by atoms with Crippen LogP contribution in [0.1, 0.15) is 17.5 Å². The molecule has 200 valence electrons. The summed E-state index contributed by atoms with van der Waals surface area (Å²) in [4.78, 5) is 23.2. The third-order valence-electron chi connectivity index (χ3n) is 5.73. The molecule has 0 radical (unpaired) electrons. The van der Waals surface area contributed by atoms with Crippen molar-refractivity contribution in [3.05, 3.63) is 70.5 Å². The fourth-order valence-corrected chi connectivity index (χ4v) is 3.96. The van der Waals surface area contributed by atoms with Crippen LogP contribution in [0.5, 0.6) is 11.5 Å². The lowest BCUT2D eigenvalue weighted by Gasteiger charge is -2.18. The van der Waals surface area contributed by atoms with Gasteiger partial charge in [-0.15, -0.1) is 0 Å². The largest absolute Gasteiger partial charge is 0.456 e. The summed E-state index contributed by atoms with van der Waals surface area (Å²) in [5.41, 5.74) is 0.928. The molecule has 12 heteroatoms. The number of carbonyl (C=O) groups excluding carboxylic acids is 1. The lowest BCUT2D eigenvalue weighted by atomic mass is 10.1. The SMILES string of the molecule is COCCN(C)C(=O)C1=Cc2c(ncnc2Nc2ccc(Oc3cccc(C(F)(F)F)c3)c(Cl)c2)NCC1. The fourth-order valence-electron chi connectivity index (χ4n) is 3.74. The summed E-state index contributed by atoms with van der Waals surface area (Å²) < 4.78 is 49.7. The van der Waals surface area contributed by atoms with Crippen LogP contribution < -0.4 is 15.4 Å². The Labute approximate surface area is 222 Å². The number of fused-ring (bicyclic) bond motifs is 1. The van der Waals surface area contributed by atoms with Crippen LogP contribution in [-0.2, 0) is 15.7 Å². The number of alkyl halides is 3. The van der Waals surface area contributed by atoms with E-state index in [1.807, 2.05) is 0 Å². The second-order valence-corrected chi connectivity index (χ2v) is 8.86. The van der Waals surface area contributed by atoms with E-state index in [4.69, 9.17) is 21.1 Å². The van der Waals surface area contributed by atoms with Gasteiger partial charge in [-0.1, -0.05) is 17.7 Å². The van der Waals surface area contributed by atoms with Gasteiger partial charge in [0, 0.05) is 38.5 Å². The highest BCUT2D eigenvalue weighted by molar-refractivity contribution is 6.32. The minimum Gasteiger partial charge on any atom is -0.456 e. The van der Waals surface area contributed by atoms with Gasteiger partial charge in [0.15, 0.2) is 0 Å². The van der Waals surface area contributed by atoms with Crippen molar-refractivity contribution in [1.82, 2.24) is 14.9 Å². The summed E-state index contributed by atoms with van der Waals surface area (Å²) >= 11 is 6.38. The zero-order valence-electron chi connectivity index (χ0n) is 20.6. The Morgan fingerprint density at radius 2 is 2.03 bits per heavy atom. The number of carbonyl (C=O) groups is 1. The molecule has 0 saturated carbocycles. The predicted octanol–water partition coefficient (Wildman–Crippen LogP) is 5.99. The number of amides is 1. The molecule has 1 aliphatic heterocycles. The topological polar surface area (TPSA) is 88.6 Å². The van der Waals surface area contributed by atoms with E-state index in [1.165, 1.54) is 18.5 Å². The molecule has 2 aromatic carbocycles. The number of benzene rings is 2. The molecule has 8 nitrogen and oxygen atoms in total. The minimum atomic E-state index is -4.49. The zero-order valence-corrected chi connectivity index (χ0v) is 21.4. The Morgan fingerprint density at radius 3 is 2.76 bits per heavy atom. The lowest BCUT2D eigenvalue weighted by molar-refractivity contribution is -0.137. The summed E-state index contributed by atoms with van der Waals surface area (Å²) in [5, 5.41) is 6.57. The highest BCUT2D eigenvalue weighted by Gasteiger charge is 2.30. The van der Waals surface area contributed by atoms with Crippen LogP contribution in [0.15, 0.2) is 54.4 Å². The molecule has 1 aliphatic rings. The van der Waals surface area contributed by atoms with E-state index in [2.05, 4.69) is 20.6 Å². The normalized spacial score (nSPS) is 13.1. The number of nitrogens with zero attached hydrogens (tertiary/aromatic N) is 3. The number of likely N-dealkylation sites (N-methyl/N-ethyl adjacent to an activating group) is 1. The summed E-state index contributed by atoms with van der Waals surface area (Å²) in [5.74, 6) is 1.09. The van der Waals surface area contributed by atoms with Crippen molar-refractivity contribution in [3.8, 4) is 11.5 Å². The van der Waals surface area contributed by atoms with Crippen LogP contribution in [-0.4, -0.2) is 54.6 Å². The lowest BCUT2D eigenvalue weighted by Crippen LogP contribution is -2.31. The number of nitrogens with one attached hydrogen (secondary N) is 2. The van der Waals surface area contributed by atoms with Gasteiger partial charge >= 0.3 is 6.18 Å². The van der Waals surface area contributed by atoms with Gasteiger partial charge in [-0.25, -0.2) is 9.97 Å². The van der Waals surface area contributed by atoms with E-state index < -0.39 is 11.7 Å². The Bertz CT molecular complexity index is 1350. The number of aromatic nitrogens is 2. The Balaban J connectivity index is 1.56. The number of ether oxygens (including phenoxy) is 2. The van der Waals surface area contributed by atoms with Crippen molar-refractivity contribution in [1.29, 1.82) is 0 Å². The van der Waals surface area contributed by atoms with E-state index in [0.717, 1.165) is 12.1 Å². The molecular formula is C26H25ClF3N5O3. The quantitative estimate of drug-likeness (QED) is 0.358. The number of anilines is 3. The summed E-state index contributed by atoms with van der Waals surface area (Å²) in [7, 11) is 3.29. The molecule has 0 fully saturated rings. The zero-order chi connectivity index (χ0) is 27.3. The summed E-state index contributed by atoms with van der Waals surface area (Å²) in [6.45, 7) is 1.40. The monoisotopic (exact) mass is 547 g/mol. The van der Waals surface area contributed by atoms with E-state index in [9.17, 15) is 18.0 Å². The third kappa shape index (κ3) is 6.53. The van der Waals surface area contributed by atoms with Crippen molar-refractivity contribution in [3.63, 3.8) is 0 Å². The number of methoxy groups -OCH3 is 1. The molecule has 1 aromatic heterocycles. The van der Waals surface area contributed by atoms with Gasteiger partial charge in [0.05, 0.1) is 22.8 Å². The molecule has 0 aliphatic carbocycles. The van der Waals surface area contributed by atoms with Crippen LogP contribution in [0.25, 0.3) is 6.08 Å². The standard InChI is InChI=1S/C26H25ClF3N5O3/c1-35(10-11-37-2)25(36)16-8-9-31-23-20(12-16)24(33-15-32-23)34-18-6-7-22(21(27)14-18)38-19-5-3-4-17(13-19)26(28,29)30/h3-7,12-15H,8-11H2,1-2H3,(H2,31,32,33,34). The molecule has 2 heterocycles. The second kappa shape index (κ2) is 11.7. The van der Waals surface area contributed by atoms with Crippen LogP contribution in [0, 0.1) is 0 Å². The van der Waals surface area contributed by atoms with Gasteiger partial charge in [-0.2, -0.15) is 13.2 Å². The second-order valence-electron chi connectivity index (χ2n) is 8.45. The molecule has 0 bridgehead atoms. The Morgan fingerprint density at radius 1 is 1.21 bits per heavy atom. The summed E-state index contributed by atoms with van der Waals surface area (Å²) in [6.07, 6.45) is -0.832. The van der Waals surface area contributed by atoms with Crippen molar-refractivity contribution in [2.24, 2.45) is 0 Å². The van der Waals surface area contributed by atoms with E-state index in [0.29, 0.717) is 54.6 Å². The average Bonchev–Trinajstić information content (AvgIpc) is 3.11. The van der Waals surface area contributed by atoms with Gasteiger partial charge in [0.2, 0.25) is 5.91 Å². The molecule has 0 atom stereocenters. The maximum Gasteiger partial charge on any atom is 0.416 e. The molecular weight excluding hydrogens is 523 g/mol. The molecule has 3 aromatic rings. The molecule has 0 unspecified atom stereocenters. The number of hydrogen-bond acceptors (Lipinski definition) is 7. The van der Waals surface area contributed by atoms with Gasteiger partial charge in [-0.3, -0.25) is 4.79 Å². The average molecular weight is 548 g/mol. The highest BCUT2D eigenvalue weighted by atomic mass is 35.5. The minimum absolute atomic E-state index is 0.00688. The Hall–Kier alpha value is -3.83. The van der Waals surface area contributed by atoms with Crippen molar-refractivity contribution in [2.45, 2.75) is 12.6 Å². The van der Waals surface area contributed by atoms with Crippen LogP contribution in [0.2, 0.25) is 5.02 Å². The smallest absolute Gasteiger partial charge is 0.416 e. The first-order chi connectivity index (χ1) is 18.2. The van der Waals surface area contributed by atoms with Crippen molar-refractivity contribution >= 4 is 40.9 Å². The van der Waals surface area contributed by atoms with Crippen molar-refractivity contribution in [2.75, 3.05) is 44.5 Å². The van der Waals surface area contributed by atoms with E-state index in [-0.39, 0.29) is 22.4 Å². The molecule has 2 N–H and O–H groups in total. The number of rotatable bonds is 8. The van der Waals surface area contributed by atoms with Crippen LogP contribution in [0.4, 0.5) is 30.5 Å². The summed E-state index contributed by atoms with van der Waals surface area (Å²) in [6, 6.07) is 9.31. The van der Waals surface area contributed by atoms with Crippen molar-refractivity contribution < 1.29 is 27.4 Å². The predicted molar refractivity (Wildman–Crippen MR) is 139 cm³/mol. The highest BCUT2D eigenvalue weighted by Crippen LogP contribution is 2.36. The maximum atomic E-state index is 13.0. The molecule has 0 spiro atoms. The first-order valence-corrected chi connectivity index (χ1v) is 12.0. The van der Waals surface area contributed by atoms with E-state index >= 15 is 0 Å². The number of halogens is 4. The molecule has 4 rings (SSSR count). The van der Waals surface area contributed by atoms with E-state index in [1.54, 1.807) is 43.3 Å². The van der Waals surface area contributed by atoms with Gasteiger partial charge in [-0.05, 0) is 48.9 Å². The van der Waals surface area contributed by atoms with Gasteiger partial charge in [0.1, 0.15) is 29.5 Å². The fraction of sp³-hybridized carbons (Fsp3) is 0.269. The van der Waals surface area contributed by atoms with Gasteiger partial charge in [0.25, 0.3) is 0 Å². The Kier molecular flexibility index (Phi) is 8.38. The molecule has 0 saturated heterocycles. The van der Waals surface area contributed by atoms with Crippen LogP contribution in [0.3, 0.4) is 0 Å². The third-order valence-corrected chi connectivity index (χ3v) is 6.02. The molecule has 38 heavy (non-hydrogen) atoms. The first-order valence-electron chi connectivity index (χ1n) is 11.6. The first kappa shape index (κ1) is 27.2. The molecule has 1 amide bonds.